The predicted molar refractivity (Wildman–Crippen MR) is 184 cm³/mol. The van der Waals surface area contributed by atoms with E-state index in [-0.39, 0.29) is 11.4 Å². The van der Waals surface area contributed by atoms with E-state index in [0.717, 1.165) is 17.3 Å². The molecule has 0 spiro atoms. The summed E-state index contributed by atoms with van der Waals surface area (Å²) in [6, 6.07) is 22.2. The Labute approximate surface area is 285 Å². The molecule has 0 bridgehead atoms. The van der Waals surface area contributed by atoms with Crippen molar-refractivity contribution in [3.8, 4) is 29.0 Å². The van der Waals surface area contributed by atoms with E-state index < -0.39 is 5.91 Å². The number of anilines is 2. The summed E-state index contributed by atoms with van der Waals surface area (Å²) in [4.78, 5) is 15.4. The van der Waals surface area contributed by atoms with Crippen LogP contribution in [0.4, 0.5) is 11.4 Å². The van der Waals surface area contributed by atoms with Crippen LogP contribution >= 0.6 is 23.2 Å². The number of aromatic amines is 1. The Balaban J connectivity index is 0.000000186. The third kappa shape index (κ3) is 10.5. The van der Waals surface area contributed by atoms with E-state index in [2.05, 4.69) is 15.2 Å². The van der Waals surface area contributed by atoms with E-state index in [4.69, 9.17) is 70.2 Å². The van der Waals surface area contributed by atoms with E-state index in [1.54, 1.807) is 61.5 Å². The minimum absolute atomic E-state index is 0.0249. The van der Waals surface area contributed by atoms with Gasteiger partial charge in [0.25, 0.3) is 5.91 Å². The van der Waals surface area contributed by atoms with Crippen LogP contribution in [0.2, 0.25) is 10.0 Å². The van der Waals surface area contributed by atoms with Crippen molar-refractivity contribution in [2.75, 3.05) is 11.5 Å². The number of hydrazine groups is 1. The van der Waals surface area contributed by atoms with Crippen LogP contribution in [0.3, 0.4) is 0 Å². The molecule has 6 rings (SSSR count). The van der Waals surface area contributed by atoms with Gasteiger partial charge >= 0.3 is 0 Å². The summed E-state index contributed by atoms with van der Waals surface area (Å²) < 4.78 is 15.3. The lowest BCUT2D eigenvalue weighted by molar-refractivity contribution is 0.0954. The van der Waals surface area contributed by atoms with Gasteiger partial charge < -0.3 is 30.5 Å². The number of benzene rings is 2. The summed E-state index contributed by atoms with van der Waals surface area (Å²) in [5.74, 6) is 9.32. The topological polar surface area (TPSA) is 262 Å². The molecule has 248 valence electrons. The number of amides is 1. The molecule has 0 aliphatic rings. The van der Waals surface area contributed by atoms with Gasteiger partial charge in [0, 0.05) is 27.0 Å². The van der Waals surface area contributed by atoms with Crippen molar-refractivity contribution in [3.05, 3.63) is 117 Å². The number of nitriles is 1. The van der Waals surface area contributed by atoms with Gasteiger partial charge in [-0.2, -0.15) is 10.4 Å². The number of hydrogen-bond donors (Lipinski definition) is 7. The Morgan fingerprint density at radius 1 is 0.875 bits per heavy atom. The first-order valence-electron chi connectivity index (χ1n) is 13.8. The fourth-order valence-corrected chi connectivity index (χ4v) is 4.00. The van der Waals surface area contributed by atoms with Gasteiger partial charge in [0.05, 0.1) is 5.56 Å². The number of nitrogen functional groups attached to an aromatic ring is 4. The monoisotopic (exact) mass is 690 g/mol. The molecule has 4 heterocycles. The molecule has 0 radical (unpaired) electrons. The SMILES string of the molecule is Cc1ccc(-c2nc(-c3cc(Cl)ccc3N)n[nH]2)o1.Cc1ccc(C#N)o1.Cc1ccc(C(=N)N)o1.NNC(=O)c1cc(Cl)ccc1N. The number of hydrogen-bond acceptors (Lipinski definition) is 11. The molecule has 0 aliphatic heterocycles. The van der Waals surface area contributed by atoms with Gasteiger partial charge in [-0.15, -0.1) is 0 Å². The average Bonchev–Trinajstić information content (AvgIpc) is 3.88. The molecule has 0 unspecified atom stereocenters. The van der Waals surface area contributed by atoms with Crippen LogP contribution in [0.15, 0.2) is 86.0 Å². The third-order valence-corrected chi connectivity index (χ3v) is 6.43. The molecule has 48 heavy (non-hydrogen) atoms. The van der Waals surface area contributed by atoms with Gasteiger partial charge in [-0.3, -0.25) is 20.7 Å². The van der Waals surface area contributed by atoms with Gasteiger partial charge in [0.1, 0.15) is 23.3 Å². The number of furan rings is 3. The molecule has 4 aromatic heterocycles. The predicted octanol–water partition coefficient (Wildman–Crippen LogP) is 6.13. The van der Waals surface area contributed by atoms with Crippen LogP contribution in [0.25, 0.3) is 23.0 Å². The Morgan fingerprint density at radius 2 is 1.48 bits per heavy atom. The Morgan fingerprint density at radius 3 is 1.98 bits per heavy atom. The average molecular weight is 692 g/mol. The maximum atomic E-state index is 11.0. The standard InChI is InChI=1S/C13H11ClN4O.C7H8ClN3O.C6H8N2O.C6H5NO/c1-7-2-5-11(19-7)13-16-12(17-18-13)9-6-8(14)3-4-10(9)15;8-4-1-2-6(9)5(3-4)7(12)11-10;1-4-2-3-5(9-4)6(7)8;1-5-2-3-6(4-7)8-5/h2-6H,15H2,1H3,(H,16,17,18);1-3H,9-10H2,(H,11,12);2-3H,1H3,(H3,7,8);2-3H,1H3. The zero-order chi connectivity index (χ0) is 35.4. The molecular weight excluding hydrogens is 659 g/mol. The molecule has 2 aromatic carbocycles. The number of nitrogens with two attached hydrogens (primary N) is 4. The van der Waals surface area contributed by atoms with E-state index in [0.29, 0.717) is 55.9 Å². The van der Waals surface area contributed by atoms with Crippen molar-refractivity contribution in [1.29, 1.82) is 10.7 Å². The first kappa shape index (κ1) is 36.5. The fourth-order valence-electron chi connectivity index (χ4n) is 3.65. The molecule has 0 fully saturated rings. The third-order valence-electron chi connectivity index (χ3n) is 5.96. The molecule has 16 heteroatoms. The number of nitrogens with zero attached hydrogens (tertiary/aromatic N) is 3. The molecule has 0 atom stereocenters. The molecule has 6 aromatic rings. The van der Waals surface area contributed by atoms with Crippen molar-refractivity contribution < 1.29 is 18.0 Å². The Hall–Kier alpha value is -6.01. The van der Waals surface area contributed by atoms with Crippen molar-refractivity contribution in [2.24, 2.45) is 11.6 Å². The number of halogens is 2. The highest BCUT2D eigenvalue weighted by Crippen LogP contribution is 2.28. The fraction of sp³-hybridized carbons (Fsp3) is 0.0938. The van der Waals surface area contributed by atoms with Crippen LogP contribution in [-0.2, 0) is 0 Å². The lowest BCUT2D eigenvalue weighted by Crippen LogP contribution is -2.30. The molecule has 1 amide bonds. The van der Waals surface area contributed by atoms with Crippen LogP contribution in [0.1, 0.15) is 39.2 Å². The number of aryl methyl sites for hydroxylation is 3. The van der Waals surface area contributed by atoms with E-state index >= 15 is 0 Å². The summed E-state index contributed by atoms with van der Waals surface area (Å²) in [7, 11) is 0. The normalized spacial score (nSPS) is 9.85. The van der Waals surface area contributed by atoms with Gasteiger partial charge in [-0.1, -0.05) is 23.2 Å². The molecular formula is C32H32Cl2N10O4. The number of carbonyl (C=O) groups is 1. The quantitative estimate of drug-likeness (QED) is 0.0276. The van der Waals surface area contributed by atoms with Crippen LogP contribution in [0, 0.1) is 37.5 Å². The highest BCUT2D eigenvalue weighted by molar-refractivity contribution is 6.31. The number of H-pyrrole nitrogens is 1. The molecule has 14 nitrogen and oxygen atoms in total. The summed E-state index contributed by atoms with van der Waals surface area (Å²) in [6.07, 6.45) is 0. The van der Waals surface area contributed by atoms with Crippen molar-refractivity contribution >= 4 is 46.3 Å². The molecule has 0 saturated carbocycles. The lowest BCUT2D eigenvalue weighted by Gasteiger charge is -2.03. The minimum Gasteiger partial charge on any atom is -0.458 e. The summed E-state index contributed by atoms with van der Waals surface area (Å²) in [5, 5.41) is 23.1. The zero-order valence-electron chi connectivity index (χ0n) is 26.0. The highest BCUT2D eigenvalue weighted by atomic mass is 35.5. The van der Waals surface area contributed by atoms with Crippen molar-refractivity contribution in [2.45, 2.75) is 20.8 Å². The molecule has 0 aliphatic carbocycles. The molecule has 0 saturated heterocycles. The van der Waals surface area contributed by atoms with Crippen LogP contribution in [-0.4, -0.2) is 26.9 Å². The second-order valence-corrected chi connectivity index (χ2v) is 10.6. The van der Waals surface area contributed by atoms with Crippen molar-refractivity contribution in [3.63, 3.8) is 0 Å². The van der Waals surface area contributed by atoms with Gasteiger partial charge in [0.15, 0.2) is 29.0 Å². The Bertz CT molecular complexity index is 2040. The second-order valence-electron chi connectivity index (χ2n) is 9.70. The highest BCUT2D eigenvalue weighted by Gasteiger charge is 2.13. The summed E-state index contributed by atoms with van der Waals surface area (Å²) in [6.45, 7) is 5.49. The van der Waals surface area contributed by atoms with E-state index in [1.165, 1.54) is 6.07 Å². The maximum absolute atomic E-state index is 11.0. The zero-order valence-corrected chi connectivity index (χ0v) is 27.5. The van der Waals surface area contributed by atoms with Gasteiger partial charge in [0.2, 0.25) is 5.76 Å². The smallest absolute Gasteiger partial charge is 0.267 e. The number of nitrogens with one attached hydrogen (secondary N) is 3. The first-order valence-corrected chi connectivity index (χ1v) is 14.5. The minimum atomic E-state index is -0.449. The number of amidine groups is 1. The van der Waals surface area contributed by atoms with E-state index in [1.807, 2.05) is 37.5 Å². The second kappa shape index (κ2) is 17.1. The number of carbonyl (C=O) groups excluding carboxylic acids is 1. The van der Waals surface area contributed by atoms with Gasteiger partial charge in [-0.25, -0.2) is 10.8 Å². The summed E-state index contributed by atoms with van der Waals surface area (Å²) in [5.41, 5.74) is 20.4. The summed E-state index contributed by atoms with van der Waals surface area (Å²) >= 11 is 11.6. The molecule has 11 N–H and O–H groups in total. The van der Waals surface area contributed by atoms with E-state index in [9.17, 15) is 4.79 Å². The van der Waals surface area contributed by atoms with Crippen LogP contribution in [0.5, 0.6) is 0 Å². The maximum Gasteiger partial charge on any atom is 0.267 e. The van der Waals surface area contributed by atoms with Crippen molar-refractivity contribution in [1.82, 2.24) is 20.6 Å². The number of aromatic nitrogens is 3. The lowest BCUT2D eigenvalue weighted by atomic mass is 10.2. The first-order chi connectivity index (χ1) is 22.8. The van der Waals surface area contributed by atoms with Gasteiger partial charge in [-0.05, 0) is 93.6 Å². The Kier molecular flexibility index (Phi) is 13.0. The van der Waals surface area contributed by atoms with Crippen LogP contribution < -0.4 is 28.5 Å². The number of rotatable bonds is 4. The largest absolute Gasteiger partial charge is 0.458 e.